The maximum absolute atomic E-state index is 13.2. The van der Waals surface area contributed by atoms with Gasteiger partial charge in [0, 0.05) is 19.8 Å². The number of ether oxygens (including phenoxy) is 1. The van der Waals surface area contributed by atoms with E-state index in [1.54, 1.807) is 0 Å². The maximum Gasteiger partial charge on any atom is 0.416 e. The summed E-state index contributed by atoms with van der Waals surface area (Å²) >= 11 is 5.81. The first-order valence-corrected chi connectivity index (χ1v) is 7.32. The number of benzene rings is 1. The Bertz CT molecular complexity index is 796. The van der Waals surface area contributed by atoms with Gasteiger partial charge in [-0.1, -0.05) is 17.7 Å². The van der Waals surface area contributed by atoms with E-state index in [-0.39, 0.29) is 28.6 Å². The van der Waals surface area contributed by atoms with E-state index in [1.807, 2.05) is 0 Å². The summed E-state index contributed by atoms with van der Waals surface area (Å²) < 4.78 is 57.3. The van der Waals surface area contributed by atoms with E-state index < -0.39 is 23.5 Å². The Morgan fingerprint density at radius 3 is 2.60 bits per heavy atom. The topological polar surface area (TPSA) is 42.4 Å². The number of alkyl halides is 3. The number of rotatable bonds is 4. The van der Waals surface area contributed by atoms with E-state index in [2.05, 4.69) is 4.98 Å². The number of amides is 1. The van der Waals surface area contributed by atoms with Crippen LogP contribution in [-0.2, 0) is 12.7 Å². The van der Waals surface area contributed by atoms with Crippen LogP contribution in [-0.4, -0.2) is 29.9 Å². The van der Waals surface area contributed by atoms with E-state index in [1.165, 1.54) is 26.4 Å². The maximum atomic E-state index is 13.2. The Morgan fingerprint density at radius 2 is 2.00 bits per heavy atom. The van der Waals surface area contributed by atoms with Gasteiger partial charge in [0.2, 0.25) is 5.88 Å². The predicted octanol–water partition coefficient (Wildman–Crippen LogP) is 4.17. The fraction of sp³-hybridized carbons (Fsp3) is 0.250. The van der Waals surface area contributed by atoms with Crippen LogP contribution in [0.4, 0.5) is 17.6 Å². The van der Waals surface area contributed by atoms with Gasteiger partial charge in [-0.2, -0.15) is 13.2 Å². The first-order valence-electron chi connectivity index (χ1n) is 6.94. The van der Waals surface area contributed by atoms with Crippen LogP contribution in [0.15, 0.2) is 30.5 Å². The number of hydrogen-bond donors (Lipinski definition) is 0. The highest BCUT2D eigenvalue weighted by molar-refractivity contribution is 6.30. The van der Waals surface area contributed by atoms with Gasteiger partial charge >= 0.3 is 6.18 Å². The molecule has 0 N–H and O–H groups in total. The fourth-order valence-electron chi connectivity index (χ4n) is 2.23. The van der Waals surface area contributed by atoms with Crippen LogP contribution < -0.4 is 4.74 Å². The lowest BCUT2D eigenvalue weighted by Gasteiger charge is -2.21. The van der Waals surface area contributed by atoms with Crippen molar-refractivity contribution in [3.05, 3.63) is 58.0 Å². The summed E-state index contributed by atoms with van der Waals surface area (Å²) in [5.74, 6) is -1.65. The average molecular weight is 377 g/mol. The number of carbonyl (C=O) groups excluding carboxylic acids is 1. The summed E-state index contributed by atoms with van der Waals surface area (Å²) in [7, 11) is 2.61. The van der Waals surface area contributed by atoms with Crippen molar-refractivity contribution in [3.8, 4) is 5.88 Å². The largest absolute Gasteiger partial charge is 0.480 e. The average Bonchev–Trinajstić information content (AvgIpc) is 2.54. The Balaban J connectivity index is 2.33. The van der Waals surface area contributed by atoms with Crippen LogP contribution in [0.3, 0.4) is 0 Å². The van der Waals surface area contributed by atoms with Gasteiger partial charge in [0.1, 0.15) is 11.4 Å². The highest BCUT2D eigenvalue weighted by atomic mass is 35.5. The number of halogens is 5. The van der Waals surface area contributed by atoms with E-state index in [9.17, 15) is 22.4 Å². The minimum atomic E-state index is -4.74. The molecule has 1 aromatic heterocycles. The standard InChI is InChI=1S/C16H13ClF4N2O2/c1-23(15(24)12-5-10(17)7-22-14(12)25-2)8-9-3-4-11(18)6-13(9)16(19,20)21/h3-7H,8H2,1-2H3. The molecule has 9 heteroatoms. The number of pyridine rings is 1. The molecule has 25 heavy (non-hydrogen) atoms. The highest BCUT2D eigenvalue weighted by Crippen LogP contribution is 2.33. The van der Waals surface area contributed by atoms with Crippen molar-refractivity contribution in [1.29, 1.82) is 0 Å². The summed E-state index contributed by atoms with van der Waals surface area (Å²) in [6.07, 6.45) is -3.46. The predicted molar refractivity (Wildman–Crippen MR) is 83.0 cm³/mol. The normalized spacial score (nSPS) is 11.3. The van der Waals surface area contributed by atoms with Gasteiger partial charge in [0.05, 0.1) is 17.7 Å². The molecule has 0 fully saturated rings. The molecule has 1 aromatic carbocycles. The van der Waals surface area contributed by atoms with Crippen LogP contribution in [0.5, 0.6) is 5.88 Å². The monoisotopic (exact) mass is 376 g/mol. The smallest absolute Gasteiger partial charge is 0.416 e. The zero-order valence-corrected chi connectivity index (χ0v) is 14.0. The molecule has 4 nitrogen and oxygen atoms in total. The second-order valence-electron chi connectivity index (χ2n) is 5.17. The zero-order chi connectivity index (χ0) is 18.8. The molecular weight excluding hydrogens is 364 g/mol. The summed E-state index contributed by atoms with van der Waals surface area (Å²) in [6, 6.07) is 3.61. The molecule has 2 rings (SSSR count). The number of methoxy groups -OCH3 is 1. The molecular formula is C16H13ClF4N2O2. The molecule has 1 heterocycles. The molecule has 0 saturated carbocycles. The minimum absolute atomic E-state index is 0.00333. The summed E-state index contributed by atoms with van der Waals surface area (Å²) in [5, 5.41) is 0.176. The van der Waals surface area contributed by atoms with Gasteiger partial charge < -0.3 is 9.64 Å². The third-order valence-corrected chi connectivity index (χ3v) is 3.58. The molecule has 0 bridgehead atoms. The SMILES string of the molecule is COc1ncc(Cl)cc1C(=O)N(C)Cc1ccc(F)cc1C(F)(F)F. The summed E-state index contributed by atoms with van der Waals surface area (Å²) in [4.78, 5) is 17.4. The summed E-state index contributed by atoms with van der Waals surface area (Å²) in [5.41, 5.74) is -1.37. The lowest BCUT2D eigenvalue weighted by Crippen LogP contribution is -2.28. The second kappa shape index (κ2) is 7.26. The first-order chi connectivity index (χ1) is 11.6. The highest BCUT2D eigenvalue weighted by Gasteiger charge is 2.34. The molecule has 0 aliphatic carbocycles. The van der Waals surface area contributed by atoms with Gasteiger partial charge in [-0.25, -0.2) is 9.37 Å². The number of nitrogens with zero attached hydrogens (tertiary/aromatic N) is 2. The van der Waals surface area contributed by atoms with Gasteiger partial charge in [-0.05, 0) is 23.8 Å². The Hall–Kier alpha value is -2.35. The third kappa shape index (κ3) is 4.39. The summed E-state index contributed by atoms with van der Waals surface area (Å²) in [6.45, 7) is -0.385. The van der Waals surface area contributed by atoms with Crippen LogP contribution >= 0.6 is 11.6 Å². The van der Waals surface area contributed by atoms with Gasteiger partial charge in [0.15, 0.2) is 0 Å². The van der Waals surface area contributed by atoms with Crippen molar-refractivity contribution in [3.63, 3.8) is 0 Å². The number of hydrogen-bond acceptors (Lipinski definition) is 3. The minimum Gasteiger partial charge on any atom is -0.480 e. The lowest BCUT2D eigenvalue weighted by molar-refractivity contribution is -0.138. The molecule has 0 aliphatic heterocycles. The van der Waals surface area contributed by atoms with Gasteiger partial charge in [-0.3, -0.25) is 4.79 Å². The first kappa shape index (κ1) is 19.0. The molecule has 0 atom stereocenters. The van der Waals surface area contributed by atoms with E-state index in [4.69, 9.17) is 16.3 Å². The van der Waals surface area contributed by atoms with Crippen molar-refractivity contribution >= 4 is 17.5 Å². The molecule has 0 spiro atoms. The van der Waals surface area contributed by atoms with E-state index >= 15 is 0 Å². The fourth-order valence-corrected chi connectivity index (χ4v) is 2.38. The molecule has 0 saturated heterocycles. The number of carbonyl (C=O) groups is 1. The van der Waals surface area contributed by atoms with Crippen molar-refractivity contribution in [2.75, 3.05) is 14.2 Å². The zero-order valence-electron chi connectivity index (χ0n) is 13.2. The second-order valence-corrected chi connectivity index (χ2v) is 5.61. The Labute approximate surface area is 146 Å². The van der Waals surface area contributed by atoms with Gasteiger partial charge in [-0.15, -0.1) is 0 Å². The molecule has 0 unspecified atom stereocenters. The molecule has 1 amide bonds. The Kier molecular flexibility index (Phi) is 5.52. The van der Waals surface area contributed by atoms with Crippen LogP contribution in [0.25, 0.3) is 0 Å². The third-order valence-electron chi connectivity index (χ3n) is 3.37. The molecule has 0 radical (unpaired) electrons. The van der Waals surface area contributed by atoms with Crippen molar-refractivity contribution in [2.24, 2.45) is 0 Å². The van der Waals surface area contributed by atoms with Gasteiger partial charge in [0.25, 0.3) is 5.91 Å². The molecule has 0 aliphatic rings. The van der Waals surface area contributed by atoms with Crippen LogP contribution in [0.1, 0.15) is 21.5 Å². The van der Waals surface area contributed by atoms with Crippen LogP contribution in [0, 0.1) is 5.82 Å². The molecule has 2 aromatic rings. The molecule has 134 valence electrons. The van der Waals surface area contributed by atoms with Crippen molar-refractivity contribution in [2.45, 2.75) is 12.7 Å². The van der Waals surface area contributed by atoms with Crippen molar-refractivity contribution in [1.82, 2.24) is 9.88 Å². The quantitative estimate of drug-likeness (QED) is 0.752. The van der Waals surface area contributed by atoms with E-state index in [0.29, 0.717) is 6.07 Å². The lowest BCUT2D eigenvalue weighted by atomic mass is 10.1. The Morgan fingerprint density at radius 1 is 1.32 bits per heavy atom. The van der Waals surface area contributed by atoms with E-state index in [0.717, 1.165) is 17.0 Å². The van der Waals surface area contributed by atoms with Crippen LogP contribution in [0.2, 0.25) is 5.02 Å². The number of aromatic nitrogens is 1. The van der Waals surface area contributed by atoms with Crippen molar-refractivity contribution < 1.29 is 27.1 Å².